The number of likely N-dealkylation sites (N-methyl/N-ethyl adjacent to an activating group) is 1. The fraction of sp³-hybridized carbons (Fsp3) is 1.00. The van der Waals surface area contributed by atoms with Crippen LogP contribution in [0.25, 0.3) is 0 Å². The van der Waals surface area contributed by atoms with Crippen molar-refractivity contribution in [2.24, 2.45) is 0 Å². The minimum Gasteiger partial charge on any atom is -0.379 e. The van der Waals surface area contributed by atoms with Gasteiger partial charge in [0.05, 0.1) is 13.2 Å². The van der Waals surface area contributed by atoms with Gasteiger partial charge in [-0.05, 0) is 33.0 Å². The molecule has 0 saturated carbocycles. The molecule has 84 valence electrons. The number of nitrogens with zero attached hydrogens (tertiary/aromatic N) is 1. The Bertz CT molecular complexity index is 138. The summed E-state index contributed by atoms with van der Waals surface area (Å²) in [5.41, 5.74) is 0. The summed E-state index contributed by atoms with van der Waals surface area (Å²) >= 11 is 4.47. The van der Waals surface area contributed by atoms with Gasteiger partial charge >= 0.3 is 0 Å². The fourth-order valence-electron chi connectivity index (χ4n) is 1.61. The molecule has 1 N–H and O–H groups in total. The Balaban J connectivity index is 1.91. The first-order valence-corrected chi connectivity index (χ1v) is 5.97. The molecular weight excluding hydrogens is 196 g/mol. The largest absolute Gasteiger partial charge is 0.379 e. The number of nitrogens with one attached hydrogen (secondary N) is 1. The van der Waals surface area contributed by atoms with E-state index < -0.39 is 0 Å². The van der Waals surface area contributed by atoms with Crippen LogP contribution in [0.3, 0.4) is 0 Å². The van der Waals surface area contributed by atoms with Gasteiger partial charge in [-0.25, -0.2) is 0 Å². The predicted molar refractivity (Wildman–Crippen MR) is 63.2 cm³/mol. The first-order chi connectivity index (χ1) is 6.83. The lowest BCUT2D eigenvalue weighted by atomic mass is 10.1. The van der Waals surface area contributed by atoms with E-state index in [0.29, 0.717) is 5.25 Å². The maximum atomic E-state index is 5.48. The van der Waals surface area contributed by atoms with Gasteiger partial charge in [0.2, 0.25) is 0 Å². The number of hydrogen-bond donors (Lipinski definition) is 2. The average molecular weight is 218 g/mol. The van der Waals surface area contributed by atoms with Gasteiger partial charge in [0.1, 0.15) is 0 Å². The second kappa shape index (κ2) is 7.51. The first-order valence-electron chi connectivity index (χ1n) is 5.45. The van der Waals surface area contributed by atoms with Crippen LogP contribution in [-0.2, 0) is 4.74 Å². The molecule has 0 unspecified atom stereocenters. The van der Waals surface area contributed by atoms with Crippen LogP contribution in [0.2, 0.25) is 0 Å². The van der Waals surface area contributed by atoms with E-state index in [0.717, 1.165) is 26.3 Å². The van der Waals surface area contributed by atoms with Crippen molar-refractivity contribution in [2.75, 3.05) is 46.4 Å². The lowest BCUT2D eigenvalue weighted by Gasteiger charge is -2.29. The number of likely N-dealkylation sites (tertiary alicyclic amines) is 1. The van der Waals surface area contributed by atoms with E-state index >= 15 is 0 Å². The van der Waals surface area contributed by atoms with Gasteiger partial charge in [-0.1, -0.05) is 0 Å². The van der Waals surface area contributed by atoms with Crippen molar-refractivity contribution in [3.63, 3.8) is 0 Å². The molecule has 1 fully saturated rings. The summed E-state index contributed by atoms with van der Waals surface area (Å²) in [7, 11) is 1.95. The maximum absolute atomic E-state index is 5.48. The number of piperidine rings is 1. The minimum absolute atomic E-state index is 0.622. The van der Waals surface area contributed by atoms with Crippen molar-refractivity contribution in [3.8, 4) is 0 Å². The van der Waals surface area contributed by atoms with Crippen molar-refractivity contribution in [3.05, 3.63) is 0 Å². The molecule has 1 heterocycles. The Labute approximate surface area is 92.6 Å². The molecule has 1 rings (SSSR count). The van der Waals surface area contributed by atoms with E-state index in [1.165, 1.54) is 25.9 Å². The smallest absolute Gasteiger partial charge is 0.0594 e. The summed E-state index contributed by atoms with van der Waals surface area (Å²) < 4.78 is 5.48. The molecule has 1 saturated heterocycles. The highest BCUT2D eigenvalue weighted by Gasteiger charge is 2.15. The molecule has 0 aromatic rings. The molecule has 0 aromatic heterocycles. The monoisotopic (exact) mass is 218 g/mol. The van der Waals surface area contributed by atoms with Crippen molar-refractivity contribution >= 4 is 12.6 Å². The van der Waals surface area contributed by atoms with Crippen molar-refractivity contribution in [1.29, 1.82) is 0 Å². The molecule has 0 bridgehead atoms. The molecule has 14 heavy (non-hydrogen) atoms. The molecule has 1 aliphatic rings. The zero-order valence-corrected chi connectivity index (χ0v) is 9.93. The highest BCUT2D eigenvalue weighted by atomic mass is 32.1. The van der Waals surface area contributed by atoms with Crippen LogP contribution in [0.15, 0.2) is 0 Å². The Morgan fingerprint density at radius 2 is 2.07 bits per heavy atom. The van der Waals surface area contributed by atoms with Gasteiger partial charge in [-0.2, -0.15) is 12.6 Å². The van der Waals surface area contributed by atoms with Crippen molar-refractivity contribution in [1.82, 2.24) is 10.2 Å². The number of ether oxygens (including phenoxy) is 1. The summed E-state index contributed by atoms with van der Waals surface area (Å²) in [6.45, 7) is 6.06. The summed E-state index contributed by atoms with van der Waals surface area (Å²) in [5.74, 6) is 0. The van der Waals surface area contributed by atoms with Crippen molar-refractivity contribution in [2.45, 2.75) is 18.1 Å². The molecule has 1 aliphatic heterocycles. The topological polar surface area (TPSA) is 24.5 Å². The third-order valence-corrected chi connectivity index (χ3v) is 3.12. The van der Waals surface area contributed by atoms with E-state index in [4.69, 9.17) is 4.74 Å². The molecule has 0 radical (unpaired) electrons. The quantitative estimate of drug-likeness (QED) is 0.505. The average Bonchev–Trinajstić information content (AvgIpc) is 2.21. The van der Waals surface area contributed by atoms with Gasteiger partial charge < -0.3 is 15.0 Å². The highest BCUT2D eigenvalue weighted by molar-refractivity contribution is 7.80. The van der Waals surface area contributed by atoms with Crippen LogP contribution >= 0.6 is 12.6 Å². The predicted octanol–water partition coefficient (Wildman–Crippen LogP) is 0.617. The Morgan fingerprint density at radius 1 is 1.36 bits per heavy atom. The molecule has 3 nitrogen and oxygen atoms in total. The standard InChI is InChI=1S/C10H22N2OS/c1-11-4-8-13-9-7-12-5-2-10(14)3-6-12/h10-11,14H,2-9H2,1H3. The van der Waals surface area contributed by atoms with Crippen LogP contribution < -0.4 is 5.32 Å². The third kappa shape index (κ3) is 5.20. The highest BCUT2D eigenvalue weighted by Crippen LogP contribution is 2.14. The second-order valence-corrected chi connectivity index (χ2v) is 4.52. The van der Waals surface area contributed by atoms with E-state index in [9.17, 15) is 0 Å². The molecule has 0 aromatic carbocycles. The summed E-state index contributed by atoms with van der Waals surface area (Å²) in [5, 5.41) is 3.68. The molecule has 0 spiro atoms. The van der Waals surface area contributed by atoms with Crippen molar-refractivity contribution < 1.29 is 4.74 Å². The number of rotatable bonds is 6. The van der Waals surface area contributed by atoms with Gasteiger partial charge in [0, 0.05) is 18.3 Å². The molecule has 0 amide bonds. The third-order valence-electron chi connectivity index (χ3n) is 2.61. The Morgan fingerprint density at radius 3 is 2.71 bits per heavy atom. The van der Waals surface area contributed by atoms with Gasteiger partial charge in [0.25, 0.3) is 0 Å². The zero-order chi connectivity index (χ0) is 10.2. The molecular formula is C10H22N2OS. The second-order valence-electron chi connectivity index (χ2n) is 3.79. The Kier molecular flexibility index (Phi) is 6.60. The first kappa shape index (κ1) is 12.3. The van der Waals surface area contributed by atoms with Gasteiger partial charge in [-0.3, -0.25) is 0 Å². The van der Waals surface area contributed by atoms with Crippen LogP contribution in [0.4, 0.5) is 0 Å². The van der Waals surface area contributed by atoms with E-state index in [2.05, 4.69) is 22.8 Å². The summed E-state index contributed by atoms with van der Waals surface area (Å²) in [6.07, 6.45) is 2.44. The number of hydrogen-bond acceptors (Lipinski definition) is 4. The normalized spacial score (nSPS) is 20.1. The SMILES string of the molecule is CNCCOCCN1CCC(S)CC1. The maximum Gasteiger partial charge on any atom is 0.0594 e. The van der Waals surface area contributed by atoms with E-state index in [1.807, 2.05) is 7.05 Å². The van der Waals surface area contributed by atoms with E-state index in [1.54, 1.807) is 0 Å². The van der Waals surface area contributed by atoms with Gasteiger partial charge in [0.15, 0.2) is 0 Å². The van der Waals surface area contributed by atoms with Crippen LogP contribution in [0.5, 0.6) is 0 Å². The fourth-order valence-corrected chi connectivity index (χ4v) is 1.84. The van der Waals surface area contributed by atoms with Crippen LogP contribution in [0.1, 0.15) is 12.8 Å². The lowest BCUT2D eigenvalue weighted by Crippen LogP contribution is -2.36. The lowest BCUT2D eigenvalue weighted by molar-refractivity contribution is 0.0995. The van der Waals surface area contributed by atoms with Gasteiger partial charge in [-0.15, -0.1) is 0 Å². The van der Waals surface area contributed by atoms with E-state index in [-0.39, 0.29) is 0 Å². The molecule has 4 heteroatoms. The number of thiol groups is 1. The molecule has 0 atom stereocenters. The minimum atomic E-state index is 0.622. The van der Waals surface area contributed by atoms with Crippen LogP contribution in [-0.4, -0.2) is 56.6 Å². The Hall–Kier alpha value is 0.230. The summed E-state index contributed by atoms with van der Waals surface area (Å²) in [6, 6.07) is 0. The van der Waals surface area contributed by atoms with Crippen LogP contribution in [0, 0.1) is 0 Å². The summed E-state index contributed by atoms with van der Waals surface area (Å²) in [4.78, 5) is 2.46. The zero-order valence-electron chi connectivity index (χ0n) is 9.04. The molecule has 0 aliphatic carbocycles.